The average Bonchev–Trinajstić information content (AvgIpc) is 3.07. The lowest BCUT2D eigenvalue weighted by molar-refractivity contribution is 0.0991. The van der Waals surface area contributed by atoms with Crippen LogP contribution in [0.25, 0.3) is 0 Å². The molecule has 8 nitrogen and oxygen atoms in total. The number of amides is 1. The monoisotopic (exact) mass is 364 g/mol. The maximum Gasteiger partial charge on any atom is 0.291 e. The molecule has 9 heteroatoms. The zero-order valence-electron chi connectivity index (χ0n) is 13.8. The quantitative estimate of drug-likeness (QED) is 0.835. The molecular weight excluding hydrogens is 344 g/mol. The van der Waals surface area contributed by atoms with Crippen molar-refractivity contribution in [2.75, 3.05) is 43.4 Å². The molecule has 0 aliphatic carbocycles. The molecule has 1 aliphatic heterocycles. The lowest BCUT2D eigenvalue weighted by Gasteiger charge is -2.34. The fraction of sp³-hybridized carbons (Fsp3) is 0.312. The van der Waals surface area contributed by atoms with Crippen molar-refractivity contribution in [3.05, 3.63) is 42.2 Å². The number of primary sulfonamides is 1. The van der Waals surface area contributed by atoms with Crippen LogP contribution in [0.1, 0.15) is 10.6 Å². The van der Waals surface area contributed by atoms with Gasteiger partial charge in [-0.3, -0.25) is 4.79 Å². The zero-order chi connectivity index (χ0) is 18.0. The molecule has 0 saturated carbocycles. The largest absolute Gasteiger partial charge is 0.438 e. The number of carbonyl (C=O) groups excluding carboxylic acids is 1. The average molecular weight is 364 g/mol. The van der Waals surface area contributed by atoms with E-state index in [1.165, 1.54) is 6.07 Å². The Hall–Kier alpha value is -2.36. The van der Waals surface area contributed by atoms with Crippen molar-refractivity contribution < 1.29 is 17.6 Å². The third kappa shape index (κ3) is 4.19. The van der Waals surface area contributed by atoms with E-state index in [1.54, 1.807) is 12.1 Å². The standard InChI is InChI=1S/C16H20N4O4S/c1-19-8-10-20(11-9-19)13-4-2-12(3-5-13)18-16(21)14-6-7-15(24-14)25(17,22)23/h2-7H,8-11H2,1H3,(H,18,21)(H2,17,22,23). The van der Waals surface area contributed by atoms with E-state index in [1.807, 2.05) is 12.1 Å². The minimum absolute atomic E-state index is 0.118. The van der Waals surface area contributed by atoms with Crippen molar-refractivity contribution in [1.29, 1.82) is 0 Å². The molecule has 0 spiro atoms. The summed E-state index contributed by atoms with van der Waals surface area (Å²) in [5.41, 5.74) is 1.69. The van der Waals surface area contributed by atoms with Gasteiger partial charge in [0, 0.05) is 37.6 Å². The molecule has 3 rings (SSSR count). The molecule has 1 fully saturated rings. The highest BCUT2D eigenvalue weighted by Crippen LogP contribution is 2.20. The van der Waals surface area contributed by atoms with Crippen LogP contribution in [0.5, 0.6) is 0 Å². The molecule has 1 aromatic heterocycles. The molecule has 2 heterocycles. The number of hydrogen-bond acceptors (Lipinski definition) is 6. The molecule has 0 unspecified atom stereocenters. The highest BCUT2D eigenvalue weighted by molar-refractivity contribution is 7.89. The second-order valence-corrected chi connectivity index (χ2v) is 7.45. The summed E-state index contributed by atoms with van der Waals surface area (Å²) in [7, 11) is -1.86. The van der Waals surface area contributed by atoms with Crippen LogP contribution >= 0.6 is 0 Å². The van der Waals surface area contributed by atoms with Crippen molar-refractivity contribution in [3.63, 3.8) is 0 Å². The van der Waals surface area contributed by atoms with Crippen LogP contribution < -0.4 is 15.4 Å². The van der Waals surface area contributed by atoms with Gasteiger partial charge in [0.2, 0.25) is 5.09 Å². The van der Waals surface area contributed by atoms with E-state index < -0.39 is 21.0 Å². The Bertz CT molecular complexity index is 853. The molecule has 0 radical (unpaired) electrons. The van der Waals surface area contributed by atoms with Crippen molar-refractivity contribution in [3.8, 4) is 0 Å². The number of hydrogen-bond donors (Lipinski definition) is 2. The first-order valence-electron chi connectivity index (χ1n) is 7.80. The molecule has 134 valence electrons. The van der Waals surface area contributed by atoms with E-state index >= 15 is 0 Å². The number of carbonyl (C=O) groups is 1. The van der Waals surface area contributed by atoms with Gasteiger partial charge in [0.25, 0.3) is 15.9 Å². The van der Waals surface area contributed by atoms with E-state index in [9.17, 15) is 13.2 Å². The molecule has 25 heavy (non-hydrogen) atoms. The van der Waals surface area contributed by atoms with Crippen LogP contribution in [0.15, 0.2) is 45.9 Å². The summed E-state index contributed by atoms with van der Waals surface area (Å²) < 4.78 is 27.3. The van der Waals surface area contributed by atoms with Crippen LogP contribution in [-0.2, 0) is 10.0 Å². The Morgan fingerprint density at radius 2 is 1.72 bits per heavy atom. The van der Waals surface area contributed by atoms with E-state index in [-0.39, 0.29) is 5.76 Å². The summed E-state index contributed by atoms with van der Waals surface area (Å²) >= 11 is 0. The third-order valence-corrected chi connectivity index (χ3v) is 4.86. The fourth-order valence-electron chi connectivity index (χ4n) is 2.61. The van der Waals surface area contributed by atoms with Gasteiger partial charge in [0.1, 0.15) is 0 Å². The Morgan fingerprint density at radius 1 is 1.08 bits per heavy atom. The first kappa shape index (κ1) is 17.5. The number of sulfonamides is 1. The smallest absolute Gasteiger partial charge is 0.291 e. The van der Waals surface area contributed by atoms with Crippen molar-refractivity contribution in [2.45, 2.75) is 5.09 Å². The minimum Gasteiger partial charge on any atom is -0.438 e. The Labute approximate surface area is 146 Å². The van der Waals surface area contributed by atoms with Gasteiger partial charge in [0.15, 0.2) is 5.76 Å². The number of nitrogens with two attached hydrogens (primary N) is 1. The van der Waals surface area contributed by atoms with Crippen LogP contribution in [0.3, 0.4) is 0 Å². The van der Waals surface area contributed by atoms with Crippen LogP contribution in [0.4, 0.5) is 11.4 Å². The summed E-state index contributed by atoms with van der Waals surface area (Å²) in [5, 5.41) is 7.18. The van der Waals surface area contributed by atoms with Crippen LogP contribution in [-0.4, -0.2) is 52.5 Å². The van der Waals surface area contributed by atoms with Crippen LogP contribution in [0.2, 0.25) is 0 Å². The fourth-order valence-corrected chi connectivity index (χ4v) is 3.07. The molecule has 2 aromatic rings. The minimum atomic E-state index is -3.97. The SMILES string of the molecule is CN1CCN(c2ccc(NC(=O)c3ccc(S(N)(=O)=O)o3)cc2)CC1. The van der Waals surface area contributed by atoms with Crippen LogP contribution in [0, 0.1) is 0 Å². The number of rotatable bonds is 4. The number of nitrogens with zero attached hydrogens (tertiary/aromatic N) is 2. The number of likely N-dealkylation sites (N-methyl/N-ethyl adjacent to an activating group) is 1. The molecule has 1 amide bonds. The summed E-state index contributed by atoms with van der Waals surface area (Å²) in [4.78, 5) is 16.7. The normalized spacial score (nSPS) is 16.0. The van der Waals surface area contributed by atoms with Gasteiger partial charge in [-0.2, -0.15) is 0 Å². The lowest BCUT2D eigenvalue weighted by Crippen LogP contribution is -2.44. The maximum absolute atomic E-state index is 12.1. The molecule has 1 aliphatic rings. The molecule has 1 saturated heterocycles. The molecule has 0 atom stereocenters. The second-order valence-electron chi connectivity index (χ2n) is 5.96. The predicted octanol–water partition coefficient (Wildman–Crippen LogP) is 0.931. The van der Waals surface area contributed by atoms with Crippen molar-refractivity contribution >= 4 is 27.3 Å². The maximum atomic E-state index is 12.1. The number of piperazine rings is 1. The van der Waals surface area contributed by atoms with E-state index in [0.717, 1.165) is 37.9 Å². The van der Waals surface area contributed by atoms with E-state index in [4.69, 9.17) is 9.56 Å². The van der Waals surface area contributed by atoms with Crippen molar-refractivity contribution in [2.24, 2.45) is 5.14 Å². The highest BCUT2D eigenvalue weighted by Gasteiger charge is 2.18. The molecular formula is C16H20N4O4S. The number of anilines is 2. The second kappa shape index (κ2) is 6.87. The number of furan rings is 1. The third-order valence-electron chi connectivity index (χ3n) is 4.08. The Kier molecular flexibility index (Phi) is 4.80. The molecule has 1 aromatic carbocycles. The summed E-state index contributed by atoms with van der Waals surface area (Å²) in [5.74, 6) is -0.658. The summed E-state index contributed by atoms with van der Waals surface area (Å²) in [6.07, 6.45) is 0. The van der Waals surface area contributed by atoms with Crippen molar-refractivity contribution in [1.82, 2.24) is 4.90 Å². The van der Waals surface area contributed by atoms with Gasteiger partial charge in [-0.05, 0) is 43.4 Å². The molecule has 3 N–H and O–H groups in total. The van der Waals surface area contributed by atoms with Gasteiger partial charge >= 0.3 is 0 Å². The Balaban J connectivity index is 1.65. The first-order chi connectivity index (χ1) is 11.8. The molecule has 0 bridgehead atoms. The lowest BCUT2D eigenvalue weighted by atomic mass is 10.2. The van der Waals surface area contributed by atoms with E-state index in [2.05, 4.69) is 22.2 Å². The van der Waals surface area contributed by atoms with Gasteiger partial charge < -0.3 is 19.5 Å². The summed E-state index contributed by atoms with van der Waals surface area (Å²) in [6, 6.07) is 9.91. The predicted molar refractivity (Wildman–Crippen MR) is 94.2 cm³/mol. The highest BCUT2D eigenvalue weighted by atomic mass is 32.2. The Morgan fingerprint density at radius 3 is 2.28 bits per heavy atom. The van der Waals surface area contributed by atoms with Gasteiger partial charge in [-0.25, -0.2) is 13.6 Å². The van der Waals surface area contributed by atoms with Gasteiger partial charge in [-0.1, -0.05) is 0 Å². The van der Waals surface area contributed by atoms with E-state index in [0.29, 0.717) is 5.69 Å². The topological polar surface area (TPSA) is 109 Å². The number of benzene rings is 1. The van der Waals surface area contributed by atoms with Gasteiger partial charge in [-0.15, -0.1) is 0 Å². The zero-order valence-corrected chi connectivity index (χ0v) is 14.6. The first-order valence-corrected chi connectivity index (χ1v) is 9.35. The summed E-state index contributed by atoms with van der Waals surface area (Å²) in [6.45, 7) is 3.96. The number of nitrogens with one attached hydrogen (secondary N) is 1. The van der Waals surface area contributed by atoms with Gasteiger partial charge in [0.05, 0.1) is 0 Å².